The number of fused-ring (bicyclic) bond motifs is 1. The van der Waals surface area contributed by atoms with E-state index >= 15 is 0 Å². The van der Waals surface area contributed by atoms with Gasteiger partial charge in [-0.05, 0) is 66.6 Å². The van der Waals surface area contributed by atoms with E-state index in [0.29, 0.717) is 24.5 Å². The molecule has 0 heterocycles. The molecule has 3 rings (SSSR count). The summed E-state index contributed by atoms with van der Waals surface area (Å²) in [7, 11) is 3.22. The van der Waals surface area contributed by atoms with Gasteiger partial charge in [-0.15, -0.1) is 0 Å². The third-order valence-corrected chi connectivity index (χ3v) is 4.62. The molecule has 1 N–H and O–H groups in total. The summed E-state index contributed by atoms with van der Waals surface area (Å²) in [6.07, 6.45) is 4.16. The number of amides is 1. The first-order valence-corrected chi connectivity index (χ1v) is 8.92. The smallest absolute Gasteiger partial charge is 0.257 e. The molecule has 0 radical (unpaired) electrons. The molecule has 5 nitrogen and oxygen atoms in total. The predicted octanol–water partition coefficient (Wildman–Crippen LogP) is 2.93. The second-order valence-corrected chi connectivity index (χ2v) is 6.36. The Kier molecular flexibility index (Phi) is 6.00. The number of benzene rings is 2. The van der Waals surface area contributed by atoms with Crippen LogP contribution in [-0.2, 0) is 24.1 Å². The fourth-order valence-electron chi connectivity index (χ4n) is 3.22. The van der Waals surface area contributed by atoms with Crippen molar-refractivity contribution in [3.05, 3.63) is 53.1 Å². The van der Waals surface area contributed by atoms with Gasteiger partial charge in [0, 0.05) is 6.54 Å². The summed E-state index contributed by atoms with van der Waals surface area (Å²) < 4.78 is 16.1. The van der Waals surface area contributed by atoms with E-state index in [2.05, 4.69) is 17.4 Å². The number of nitrogens with one attached hydrogen (secondary N) is 1. The molecule has 0 fully saturated rings. The van der Waals surface area contributed by atoms with Crippen molar-refractivity contribution < 1.29 is 19.0 Å². The van der Waals surface area contributed by atoms with Gasteiger partial charge in [0.1, 0.15) is 5.75 Å². The molecule has 138 valence electrons. The zero-order chi connectivity index (χ0) is 18.4. The third kappa shape index (κ3) is 4.48. The van der Waals surface area contributed by atoms with Gasteiger partial charge in [0.25, 0.3) is 5.91 Å². The van der Waals surface area contributed by atoms with Gasteiger partial charge in [0.2, 0.25) is 0 Å². The van der Waals surface area contributed by atoms with Gasteiger partial charge in [0.15, 0.2) is 18.1 Å². The second kappa shape index (κ2) is 8.61. The van der Waals surface area contributed by atoms with Crippen LogP contribution < -0.4 is 19.5 Å². The Morgan fingerprint density at radius 1 is 1.00 bits per heavy atom. The highest BCUT2D eigenvalue weighted by molar-refractivity contribution is 5.77. The van der Waals surface area contributed by atoms with Gasteiger partial charge in [0.05, 0.1) is 14.2 Å². The lowest BCUT2D eigenvalue weighted by Crippen LogP contribution is -2.30. The minimum Gasteiger partial charge on any atom is -0.493 e. The quantitative estimate of drug-likeness (QED) is 0.791. The average Bonchev–Trinajstić information content (AvgIpc) is 3.14. The minimum absolute atomic E-state index is 0.0325. The van der Waals surface area contributed by atoms with Crippen LogP contribution in [0.25, 0.3) is 0 Å². The average molecular weight is 355 g/mol. The number of methoxy groups -OCH3 is 2. The summed E-state index contributed by atoms with van der Waals surface area (Å²) in [5.74, 6) is 2.03. The molecule has 0 saturated heterocycles. The van der Waals surface area contributed by atoms with E-state index in [-0.39, 0.29) is 12.5 Å². The van der Waals surface area contributed by atoms with Crippen molar-refractivity contribution >= 4 is 5.91 Å². The first-order chi connectivity index (χ1) is 12.7. The lowest BCUT2D eigenvalue weighted by Gasteiger charge is -2.11. The van der Waals surface area contributed by atoms with Crippen molar-refractivity contribution in [2.75, 3.05) is 27.4 Å². The first kappa shape index (κ1) is 18.1. The molecule has 0 bridgehead atoms. The molecule has 1 aliphatic rings. The van der Waals surface area contributed by atoms with E-state index in [0.717, 1.165) is 24.2 Å². The fraction of sp³-hybridized carbons (Fsp3) is 0.381. The number of hydrogen-bond donors (Lipinski definition) is 1. The Morgan fingerprint density at radius 3 is 2.62 bits per heavy atom. The number of carbonyl (C=O) groups is 1. The van der Waals surface area contributed by atoms with Gasteiger partial charge in [-0.3, -0.25) is 4.79 Å². The van der Waals surface area contributed by atoms with E-state index in [1.807, 2.05) is 24.3 Å². The number of ether oxygens (including phenoxy) is 3. The summed E-state index contributed by atoms with van der Waals surface area (Å²) in [5, 5.41) is 2.88. The molecule has 0 atom stereocenters. The Balaban J connectivity index is 1.43. The molecule has 2 aromatic carbocycles. The lowest BCUT2D eigenvalue weighted by atomic mass is 10.1. The van der Waals surface area contributed by atoms with Crippen molar-refractivity contribution in [2.24, 2.45) is 0 Å². The molecule has 1 aliphatic carbocycles. The first-order valence-electron chi connectivity index (χ1n) is 8.92. The molecular weight excluding hydrogens is 330 g/mol. The Hall–Kier alpha value is -2.69. The van der Waals surface area contributed by atoms with Crippen molar-refractivity contribution in [3.63, 3.8) is 0 Å². The van der Waals surface area contributed by atoms with Gasteiger partial charge in [-0.2, -0.15) is 0 Å². The van der Waals surface area contributed by atoms with E-state index in [9.17, 15) is 4.79 Å². The van der Waals surface area contributed by atoms with E-state index in [4.69, 9.17) is 14.2 Å². The normalized spacial score (nSPS) is 12.4. The van der Waals surface area contributed by atoms with E-state index in [1.54, 1.807) is 14.2 Å². The molecule has 0 unspecified atom stereocenters. The van der Waals surface area contributed by atoms with Crippen LogP contribution in [0.5, 0.6) is 17.2 Å². The zero-order valence-electron chi connectivity index (χ0n) is 15.3. The topological polar surface area (TPSA) is 56.8 Å². The van der Waals surface area contributed by atoms with Gasteiger partial charge in [-0.1, -0.05) is 12.1 Å². The zero-order valence-corrected chi connectivity index (χ0v) is 15.3. The Bertz CT molecular complexity index is 773. The van der Waals surface area contributed by atoms with Crippen molar-refractivity contribution in [1.82, 2.24) is 5.32 Å². The standard InChI is InChI=1S/C21H25NO4/c1-24-19-9-6-15(12-20(19)25-2)10-11-22-21(23)14-26-18-8-7-16-4-3-5-17(16)13-18/h6-9,12-13H,3-5,10-11,14H2,1-2H3,(H,22,23). The van der Waals surface area contributed by atoms with Crippen molar-refractivity contribution in [2.45, 2.75) is 25.7 Å². The number of aryl methyl sites for hydroxylation is 2. The number of hydrogen-bond acceptors (Lipinski definition) is 4. The molecule has 0 saturated carbocycles. The van der Waals surface area contributed by atoms with Crippen LogP contribution in [0.15, 0.2) is 36.4 Å². The van der Waals surface area contributed by atoms with Gasteiger partial charge >= 0.3 is 0 Å². The van der Waals surface area contributed by atoms with Crippen molar-refractivity contribution in [1.29, 1.82) is 0 Å². The van der Waals surface area contributed by atoms with Crippen LogP contribution in [0.1, 0.15) is 23.1 Å². The van der Waals surface area contributed by atoms with Crippen LogP contribution in [0.3, 0.4) is 0 Å². The lowest BCUT2D eigenvalue weighted by molar-refractivity contribution is -0.123. The summed E-state index contributed by atoms with van der Waals surface area (Å²) >= 11 is 0. The van der Waals surface area contributed by atoms with Crippen LogP contribution in [0.2, 0.25) is 0 Å². The molecule has 0 aromatic heterocycles. The van der Waals surface area contributed by atoms with Crippen LogP contribution in [0, 0.1) is 0 Å². The third-order valence-electron chi connectivity index (χ3n) is 4.62. The van der Waals surface area contributed by atoms with E-state index in [1.165, 1.54) is 17.5 Å². The number of rotatable bonds is 8. The largest absolute Gasteiger partial charge is 0.493 e. The fourth-order valence-corrected chi connectivity index (χ4v) is 3.22. The Labute approximate surface area is 154 Å². The molecule has 0 spiro atoms. The highest BCUT2D eigenvalue weighted by Crippen LogP contribution is 2.28. The van der Waals surface area contributed by atoms with Crippen LogP contribution >= 0.6 is 0 Å². The molecular formula is C21H25NO4. The number of carbonyl (C=O) groups excluding carboxylic acids is 1. The van der Waals surface area contributed by atoms with Crippen LogP contribution in [-0.4, -0.2) is 33.3 Å². The Morgan fingerprint density at radius 2 is 1.81 bits per heavy atom. The highest BCUT2D eigenvalue weighted by atomic mass is 16.5. The molecule has 2 aromatic rings. The summed E-state index contributed by atoms with van der Waals surface area (Å²) in [6.45, 7) is 0.576. The summed E-state index contributed by atoms with van der Waals surface area (Å²) in [5.41, 5.74) is 3.82. The van der Waals surface area contributed by atoms with Crippen molar-refractivity contribution in [3.8, 4) is 17.2 Å². The monoisotopic (exact) mass is 355 g/mol. The second-order valence-electron chi connectivity index (χ2n) is 6.36. The molecule has 5 heteroatoms. The SMILES string of the molecule is COc1ccc(CCNC(=O)COc2ccc3c(c2)CCC3)cc1OC. The maximum absolute atomic E-state index is 12.0. The highest BCUT2D eigenvalue weighted by Gasteiger charge is 2.12. The van der Waals surface area contributed by atoms with Gasteiger partial charge < -0.3 is 19.5 Å². The minimum atomic E-state index is -0.119. The molecule has 1 amide bonds. The molecule has 26 heavy (non-hydrogen) atoms. The van der Waals surface area contributed by atoms with Crippen LogP contribution in [0.4, 0.5) is 0 Å². The molecule has 0 aliphatic heterocycles. The maximum atomic E-state index is 12.0. The summed E-state index contributed by atoms with van der Waals surface area (Å²) in [4.78, 5) is 12.0. The summed E-state index contributed by atoms with van der Waals surface area (Å²) in [6, 6.07) is 11.9. The van der Waals surface area contributed by atoms with E-state index < -0.39 is 0 Å². The maximum Gasteiger partial charge on any atom is 0.257 e. The predicted molar refractivity (Wildman–Crippen MR) is 100 cm³/mol. The van der Waals surface area contributed by atoms with Gasteiger partial charge in [-0.25, -0.2) is 0 Å².